The van der Waals surface area contributed by atoms with Gasteiger partial charge in [-0.1, -0.05) is 109 Å². The lowest BCUT2D eigenvalue weighted by molar-refractivity contribution is 0.117. The average Bonchev–Trinajstić information content (AvgIpc) is 2.76. The Morgan fingerprint density at radius 2 is 1.26 bits per heavy atom. The van der Waals surface area contributed by atoms with Crippen LogP contribution in [-0.2, 0) is 4.74 Å². The summed E-state index contributed by atoms with van der Waals surface area (Å²) in [6, 6.07) is 32.2. The van der Waals surface area contributed by atoms with Crippen molar-refractivity contribution in [1.29, 1.82) is 0 Å². The maximum atomic E-state index is 6.43. The SMILES string of the molecule is CO[C@]1(P(c2ccccc2)c2ccccc2)CC=CC=C1c1ccccc1. The number of methoxy groups -OCH3 is 1. The summed E-state index contributed by atoms with van der Waals surface area (Å²) in [6.07, 6.45) is 7.48. The van der Waals surface area contributed by atoms with Crippen LogP contribution in [0.1, 0.15) is 12.0 Å². The highest BCUT2D eigenvalue weighted by Crippen LogP contribution is 2.58. The van der Waals surface area contributed by atoms with Crippen molar-refractivity contribution in [2.45, 2.75) is 11.8 Å². The van der Waals surface area contributed by atoms with Gasteiger partial charge in [0.2, 0.25) is 0 Å². The molecule has 0 aromatic heterocycles. The van der Waals surface area contributed by atoms with E-state index in [-0.39, 0.29) is 0 Å². The summed E-state index contributed by atoms with van der Waals surface area (Å²) in [6.45, 7) is 0. The van der Waals surface area contributed by atoms with Crippen molar-refractivity contribution >= 4 is 24.1 Å². The predicted molar refractivity (Wildman–Crippen MR) is 117 cm³/mol. The molecule has 0 aliphatic heterocycles. The Bertz CT molecular complexity index is 892. The molecule has 0 fully saturated rings. The second-order valence-electron chi connectivity index (χ2n) is 6.57. The average molecular weight is 370 g/mol. The molecule has 1 atom stereocenters. The molecule has 0 radical (unpaired) electrons. The Kier molecular flexibility index (Phi) is 5.34. The summed E-state index contributed by atoms with van der Waals surface area (Å²) in [4.78, 5) is 0. The molecule has 4 rings (SSSR count). The van der Waals surface area contributed by atoms with Gasteiger partial charge >= 0.3 is 0 Å². The zero-order valence-corrected chi connectivity index (χ0v) is 16.3. The van der Waals surface area contributed by atoms with Gasteiger partial charge in [-0.25, -0.2) is 0 Å². The monoisotopic (exact) mass is 370 g/mol. The summed E-state index contributed by atoms with van der Waals surface area (Å²) in [5, 5.41) is 2.27. The summed E-state index contributed by atoms with van der Waals surface area (Å²) in [5.41, 5.74) is 2.48. The number of rotatable bonds is 5. The first-order valence-electron chi connectivity index (χ1n) is 9.23. The highest BCUT2D eigenvalue weighted by Gasteiger charge is 2.44. The molecule has 0 heterocycles. The molecule has 0 N–H and O–H groups in total. The molecule has 134 valence electrons. The molecule has 0 unspecified atom stereocenters. The normalized spacial score (nSPS) is 19.1. The number of hydrogen-bond donors (Lipinski definition) is 0. The van der Waals surface area contributed by atoms with Crippen LogP contribution in [0.4, 0.5) is 0 Å². The molecule has 2 heteroatoms. The zero-order valence-electron chi connectivity index (χ0n) is 15.5. The Hall–Kier alpha value is -2.47. The minimum Gasteiger partial charge on any atom is -0.368 e. The maximum Gasteiger partial charge on any atom is 0.123 e. The van der Waals surface area contributed by atoms with Gasteiger partial charge in [0, 0.05) is 13.5 Å². The quantitative estimate of drug-likeness (QED) is 0.539. The van der Waals surface area contributed by atoms with Crippen LogP contribution >= 0.6 is 7.92 Å². The van der Waals surface area contributed by atoms with Crippen LogP contribution in [0.25, 0.3) is 5.57 Å². The van der Waals surface area contributed by atoms with E-state index in [1.54, 1.807) is 0 Å². The van der Waals surface area contributed by atoms with Crippen LogP contribution in [0.5, 0.6) is 0 Å². The van der Waals surface area contributed by atoms with Crippen molar-refractivity contribution in [1.82, 2.24) is 0 Å². The van der Waals surface area contributed by atoms with Crippen LogP contribution in [0.2, 0.25) is 0 Å². The van der Waals surface area contributed by atoms with Gasteiger partial charge in [0.05, 0.1) is 0 Å². The Morgan fingerprint density at radius 3 is 1.78 bits per heavy atom. The Morgan fingerprint density at radius 1 is 0.741 bits per heavy atom. The van der Waals surface area contributed by atoms with E-state index in [1.807, 2.05) is 7.11 Å². The van der Waals surface area contributed by atoms with Crippen LogP contribution in [0, 0.1) is 0 Å². The highest BCUT2D eigenvalue weighted by molar-refractivity contribution is 7.74. The molecule has 0 saturated heterocycles. The molecule has 1 aliphatic carbocycles. The van der Waals surface area contributed by atoms with E-state index >= 15 is 0 Å². The molecule has 3 aromatic rings. The van der Waals surface area contributed by atoms with Gasteiger partial charge < -0.3 is 4.74 Å². The second kappa shape index (κ2) is 8.05. The highest BCUT2D eigenvalue weighted by atomic mass is 31.1. The van der Waals surface area contributed by atoms with Crippen molar-refractivity contribution in [2.24, 2.45) is 0 Å². The molecule has 0 saturated carbocycles. The lowest BCUT2D eigenvalue weighted by Crippen LogP contribution is -2.38. The summed E-state index contributed by atoms with van der Waals surface area (Å²) < 4.78 is 6.43. The molecule has 1 aliphatic rings. The van der Waals surface area contributed by atoms with Gasteiger partial charge in [0.1, 0.15) is 5.34 Å². The standard InChI is InChI=1S/C25H23OP/c1-26-25(20-12-11-19-24(25)21-13-5-2-6-14-21)27(22-15-7-3-8-16-22)23-17-9-4-10-18-23/h2-19H,20H2,1H3/t25-/m0/s1. The van der Waals surface area contributed by atoms with Crippen molar-refractivity contribution in [3.05, 3.63) is 115 Å². The lowest BCUT2D eigenvalue weighted by Gasteiger charge is -2.43. The number of hydrogen-bond acceptors (Lipinski definition) is 1. The van der Waals surface area contributed by atoms with E-state index in [4.69, 9.17) is 4.74 Å². The number of ether oxygens (including phenoxy) is 1. The summed E-state index contributed by atoms with van der Waals surface area (Å²) >= 11 is 0. The van der Waals surface area contributed by atoms with Gasteiger partial charge in [0.25, 0.3) is 0 Å². The van der Waals surface area contributed by atoms with E-state index < -0.39 is 13.3 Å². The zero-order chi connectivity index (χ0) is 18.5. The van der Waals surface area contributed by atoms with Crippen molar-refractivity contribution in [3.63, 3.8) is 0 Å². The van der Waals surface area contributed by atoms with E-state index in [0.717, 1.165) is 6.42 Å². The first-order chi connectivity index (χ1) is 13.3. The first kappa shape index (κ1) is 17.9. The number of allylic oxidation sites excluding steroid dienone is 2. The van der Waals surface area contributed by atoms with Crippen LogP contribution in [0.15, 0.2) is 109 Å². The Balaban J connectivity index is 1.93. The topological polar surface area (TPSA) is 9.23 Å². The van der Waals surface area contributed by atoms with Gasteiger partial charge in [-0.05, 0) is 29.7 Å². The first-order valence-corrected chi connectivity index (χ1v) is 10.6. The third kappa shape index (κ3) is 3.41. The van der Waals surface area contributed by atoms with Crippen molar-refractivity contribution in [3.8, 4) is 0 Å². The smallest absolute Gasteiger partial charge is 0.123 e. The number of benzene rings is 3. The minimum absolute atomic E-state index is 0.395. The third-order valence-electron chi connectivity index (χ3n) is 5.03. The van der Waals surface area contributed by atoms with Gasteiger partial charge in [0.15, 0.2) is 0 Å². The van der Waals surface area contributed by atoms with Crippen molar-refractivity contribution in [2.75, 3.05) is 7.11 Å². The fourth-order valence-electron chi connectivity index (χ4n) is 3.79. The van der Waals surface area contributed by atoms with Gasteiger partial charge in [-0.2, -0.15) is 0 Å². The van der Waals surface area contributed by atoms with Crippen LogP contribution in [-0.4, -0.2) is 12.5 Å². The molecule has 1 nitrogen and oxygen atoms in total. The largest absolute Gasteiger partial charge is 0.368 e. The molecular weight excluding hydrogens is 347 g/mol. The van der Waals surface area contributed by atoms with Crippen molar-refractivity contribution < 1.29 is 4.74 Å². The van der Waals surface area contributed by atoms with E-state index in [2.05, 4.69) is 109 Å². The van der Waals surface area contributed by atoms with Crippen LogP contribution < -0.4 is 10.6 Å². The molecule has 0 amide bonds. The fraction of sp³-hybridized carbons (Fsp3) is 0.120. The molecule has 3 aromatic carbocycles. The predicted octanol–water partition coefficient (Wildman–Crippen LogP) is 5.51. The fourth-order valence-corrected chi connectivity index (χ4v) is 6.78. The second-order valence-corrected chi connectivity index (χ2v) is 9.00. The maximum absolute atomic E-state index is 6.43. The van der Waals surface area contributed by atoms with Gasteiger partial charge in [-0.15, -0.1) is 0 Å². The molecule has 0 bridgehead atoms. The summed E-state index contributed by atoms with van der Waals surface area (Å²) in [7, 11) is 1.10. The third-order valence-corrected chi connectivity index (χ3v) is 7.98. The van der Waals surface area contributed by atoms with E-state index in [0.29, 0.717) is 0 Å². The summed E-state index contributed by atoms with van der Waals surface area (Å²) in [5.74, 6) is 0. The molecule has 0 spiro atoms. The Labute approximate surface area is 162 Å². The minimum atomic E-state index is -0.758. The van der Waals surface area contributed by atoms with Gasteiger partial charge in [-0.3, -0.25) is 0 Å². The molecule has 27 heavy (non-hydrogen) atoms. The lowest BCUT2D eigenvalue weighted by atomic mass is 9.94. The van der Waals surface area contributed by atoms with E-state index in [1.165, 1.54) is 21.7 Å². The molecular formula is C25H23OP. The van der Waals surface area contributed by atoms with Crippen LogP contribution in [0.3, 0.4) is 0 Å². The van der Waals surface area contributed by atoms with E-state index in [9.17, 15) is 0 Å².